The maximum Gasteiger partial charge on any atom is 0.327 e. The number of thioether (sulfide) groups is 1. The molecule has 0 heterocycles. The van der Waals surface area contributed by atoms with Crippen molar-refractivity contribution in [1.29, 1.82) is 0 Å². The molecule has 0 spiro atoms. The van der Waals surface area contributed by atoms with Crippen molar-refractivity contribution >= 4 is 29.4 Å². The van der Waals surface area contributed by atoms with E-state index < -0.39 is 17.9 Å². The number of fused-ring (bicyclic) bond motifs is 5. The molecule has 5 atom stereocenters. The number of aromatic hydroxyl groups is 2. The molecule has 0 aromatic heterocycles. The van der Waals surface area contributed by atoms with Crippen LogP contribution in [0.15, 0.2) is 11.0 Å². The standard InChI is InChI=1S/C23H29NO6S/c1-11(25)24-17(22(29)30)10-31-21-14-4-3-13-12(15(14)9-18(26)20(21)28)7-8-23(2)16(13)5-6-19(23)27/h9,12-13,16-17,26,28H,3-8,10H2,1-2H3,(H,24,25)(H,29,30)/t12-,13+,16-,17+,23-/m0/s1. The molecule has 31 heavy (non-hydrogen) atoms. The van der Waals surface area contributed by atoms with Crippen LogP contribution >= 0.6 is 11.8 Å². The number of ketones is 1. The zero-order valence-electron chi connectivity index (χ0n) is 17.8. The lowest BCUT2D eigenvalue weighted by Gasteiger charge is -2.48. The molecular weight excluding hydrogens is 418 g/mol. The summed E-state index contributed by atoms with van der Waals surface area (Å²) in [7, 11) is 0. The first kappa shape index (κ1) is 22.0. The topological polar surface area (TPSA) is 124 Å². The second-order valence-corrected chi connectivity index (χ2v) is 10.4. The van der Waals surface area contributed by atoms with Gasteiger partial charge >= 0.3 is 5.97 Å². The number of phenols is 2. The lowest BCUT2D eigenvalue weighted by Crippen LogP contribution is -2.42. The van der Waals surface area contributed by atoms with Crippen molar-refractivity contribution < 1.29 is 29.7 Å². The highest BCUT2D eigenvalue weighted by molar-refractivity contribution is 7.99. The van der Waals surface area contributed by atoms with Crippen LogP contribution in [0.3, 0.4) is 0 Å². The third-order valence-corrected chi connectivity index (χ3v) is 8.94. The van der Waals surface area contributed by atoms with Crippen LogP contribution in [0.2, 0.25) is 0 Å². The van der Waals surface area contributed by atoms with E-state index in [1.807, 2.05) is 0 Å². The van der Waals surface area contributed by atoms with E-state index in [9.17, 15) is 29.7 Å². The Kier molecular flexibility index (Phi) is 5.70. The van der Waals surface area contributed by atoms with Crippen LogP contribution < -0.4 is 5.32 Å². The van der Waals surface area contributed by atoms with E-state index in [0.717, 1.165) is 48.6 Å². The fraction of sp³-hybridized carbons (Fsp3) is 0.609. The van der Waals surface area contributed by atoms with Gasteiger partial charge < -0.3 is 20.6 Å². The second kappa shape index (κ2) is 8.04. The van der Waals surface area contributed by atoms with Crippen molar-refractivity contribution in [3.63, 3.8) is 0 Å². The minimum Gasteiger partial charge on any atom is -0.504 e. The van der Waals surface area contributed by atoms with Gasteiger partial charge in [0.05, 0.1) is 4.90 Å². The largest absolute Gasteiger partial charge is 0.504 e. The average molecular weight is 448 g/mol. The van der Waals surface area contributed by atoms with Crippen molar-refractivity contribution in [1.82, 2.24) is 5.32 Å². The fourth-order valence-electron chi connectivity index (χ4n) is 6.18. The number of amides is 1. The van der Waals surface area contributed by atoms with Gasteiger partial charge in [0.1, 0.15) is 11.8 Å². The summed E-state index contributed by atoms with van der Waals surface area (Å²) >= 11 is 1.15. The number of carbonyl (C=O) groups is 3. The molecule has 2 saturated carbocycles. The van der Waals surface area contributed by atoms with Gasteiger partial charge in [-0.15, -0.1) is 11.8 Å². The van der Waals surface area contributed by atoms with Gasteiger partial charge in [0, 0.05) is 24.5 Å². The number of carbonyl (C=O) groups excluding carboxylic acids is 2. The maximum absolute atomic E-state index is 12.5. The van der Waals surface area contributed by atoms with E-state index in [1.165, 1.54) is 6.92 Å². The third kappa shape index (κ3) is 3.69. The predicted octanol–water partition coefficient (Wildman–Crippen LogP) is 3.20. The van der Waals surface area contributed by atoms with Crippen LogP contribution in [-0.4, -0.2) is 44.8 Å². The van der Waals surface area contributed by atoms with Crippen molar-refractivity contribution in [2.45, 2.75) is 69.2 Å². The number of aliphatic carboxylic acids is 1. The molecule has 0 radical (unpaired) electrons. The minimum absolute atomic E-state index is 0.0433. The van der Waals surface area contributed by atoms with Gasteiger partial charge in [-0.1, -0.05) is 6.92 Å². The number of phenolic OH excluding ortho intramolecular Hbond substituents is 2. The number of carboxylic acids is 1. The molecule has 0 unspecified atom stereocenters. The third-order valence-electron chi connectivity index (χ3n) is 7.72. The Morgan fingerprint density at radius 1 is 1.26 bits per heavy atom. The van der Waals surface area contributed by atoms with Crippen molar-refractivity contribution in [3.8, 4) is 11.5 Å². The number of nitrogens with one attached hydrogen (secondary N) is 1. The number of rotatable bonds is 5. The van der Waals surface area contributed by atoms with Crippen LogP contribution in [0.4, 0.5) is 0 Å². The SMILES string of the molecule is CC(=O)N[C@H](CSc1c(O)c(O)cc2c1CC[C@@H]1[C@@H]2CC[C@]2(C)C(=O)CC[C@@H]12)C(=O)O. The Morgan fingerprint density at radius 3 is 2.68 bits per heavy atom. The zero-order chi connectivity index (χ0) is 22.5. The predicted molar refractivity (Wildman–Crippen MR) is 115 cm³/mol. The van der Waals surface area contributed by atoms with Gasteiger partial charge in [-0.25, -0.2) is 4.79 Å². The number of carboxylic acid groups (broad SMARTS) is 1. The highest BCUT2D eigenvalue weighted by atomic mass is 32.2. The second-order valence-electron chi connectivity index (χ2n) is 9.38. The van der Waals surface area contributed by atoms with Crippen LogP contribution in [-0.2, 0) is 20.8 Å². The molecular formula is C23H29NO6S. The van der Waals surface area contributed by atoms with Crippen LogP contribution in [0.25, 0.3) is 0 Å². The first-order valence-electron chi connectivity index (χ1n) is 10.9. The van der Waals surface area contributed by atoms with Crippen molar-refractivity contribution in [3.05, 3.63) is 17.2 Å². The monoisotopic (exact) mass is 447 g/mol. The molecule has 1 aromatic carbocycles. The molecule has 0 aliphatic heterocycles. The lowest BCUT2D eigenvalue weighted by atomic mass is 9.55. The molecule has 4 rings (SSSR count). The molecule has 7 nitrogen and oxygen atoms in total. The summed E-state index contributed by atoms with van der Waals surface area (Å²) in [6, 6.07) is 0.573. The first-order chi connectivity index (χ1) is 14.6. The maximum atomic E-state index is 12.5. The van der Waals surface area contributed by atoms with E-state index in [4.69, 9.17) is 0 Å². The summed E-state index contributed by atoms with van der Waals surface area (Å²) in [5.74, 6) is -0.631. The van der Waals surface area contributed by atoms with Gasteiger partial charge in [-0.05, 0) is 67.1 Å². The van der Waals surface area contributed by atoms with Crippen LogP contribution in [0, 0.1) is 17.3 Å². The lowest BCUT2D eigenvalue weighted by molar-refractivity contribution is -0.140. The van der Waals surface area contributed by atoms with E-state index in [0.29, 0.717) is 35.4 Å². The van der Waals surface area contributed by atoms with Gasteiger partial charge in [0.25, 0.3) is 0 Å². The summed E-state index contributed by atoms with van der Waals surface area (Å²) in [4.78, 5) is 35.8. The molecule has 0 saturated heterocycles. The molecule has 1 amide bonds. The van der Waals surface area contributed by atoms with Gasteiger partial charge in [-0.3, -0.25) is 9.59 Å². The van der Waals surface area contributed by atoms with Gasteiger partial charge in [-0.2, -0.15) is 0 Å². The van der Waals surface area contributed by atoms with E-state index >= 15 is 0 Å². The van der Waals surface area contributed by atoms with E-state index in [2.05, 4.69) is 12.2 Å². The van der Waals surface area contributed by atoms with E-state index in [-0.39, 0.29) is 28.6 Å². The Bertz CT molecular complexity index is 946. The summed E-state index contributed by atoms with van der Waals surface area (Å²) in [5, 5.41) is 32.8. The summed E-state index contributed by atoms with van der Waals surface area (Å²) in [6.07, 6.45) is 4.91. The highest BCUT2D eigenvalue weighted by Gasteiger charge is 2.54. The minimum atomic E-state index is -1.14. The Hall–Kier alpha value is -2.22. The summed E-state index contributed by atoms with van der Waals surface area (Å²) in [5.41, 5.74) is 1.74. The molecule has 4 N–H and O–H groups in total. The quantitative estimate of drug-likeness (QED) is 0.404. The molecule has 8 heteroatoms. The Labute approximate surface area is 185 Å². The summed E-state index contributed by atoms with van der Waals surface area (Å²) < 4.78 is 0. The van der Waals surface area contributed by atoms with Gasteiger partial charge in [0.15, 0.2) is 11.5 Å². The van der Waals surface area contributed by atoms with E-state index in [1.54, 1.807) is 6.07 Å². The average Bonchev–Trinajstić information content (AvgIpc) is 3.01. The number of Topliss-reactive ketones (excluding diaryl/α,β-unsaturated/α-hetero) is 1. The molecule has 3 aliphatic rings. The number of benzene rings is 1. The molecule has 168 valence electrons. The smallest absolute Gasteiger partial charge is 0.327 e. The van der Waals surface area contributed by atoms with Crippen molar-refractivity contribution in [2.75, 3.05) is 5.75 Å². The van der Waals surface area contributed by atoms with Crippen LogP contribution in [0.1, 0.15) is 63.0 Å². The Morgan fingerprint density at radius 2 is 2.00 bits per heavy atom. The normalized spacial score (nSPS) is 30.1. The summed E-state index contributed by atoms with van der Waals surface area (Å²) in [6.45, 7) is 3.38. The molecule has 3 aliphatic carbocycles. The van der Waals surface area contributed by atoms with Gasteiger partial charge in [0.2, 0.25) is 5.91 Å². The number of hydrogen-bond acceptors (Lipinski definition) is 6. The highest BCUT2D eigenvalue weighted by Crippen LogP contribution is 2.61. The molecule has 0 bridgehead atoms. The molecule has 2 fully saturated rings. The number of hydrogen-bond donors (Lipinski definition) is 4. The van der Waals surface area contributed by atoms with Crippen molar-refractivity contribution in [2.24, 2.45) is 17.3 Å². The fourth-order valence-corrected chi connectivity index (χ4v) is 7.38. The zero-order valence-corrected chi connectivity index (χ0v) is 18.6. The first-order valence-corrected chi connectivity index (χ1v) is 11.9. The molecule has 1 aromatic rings. The van der Waals surface area contributed by atoms with Crippen LogP contribution in [0.5, 0.6) is 11.5 Å². The Balaban J connectivity index is 1.64.